The maximum absolute atomic E-state index is 13.5. The molecule has 1 N–H and O–H groups in total. The zero-order chi connectivity index (χ0) is 16.7. The van der Waals surface area contributed by atoms with Gasteiger partial charge in [0.05, 0.1) is 11.1 Å². The second kappa shape index (κ2) is 8.09. The maximum Gasteiger partial charge on any atom is 0.335 e. The van der Waals surface area contributed by atoms with Crippen molar-refractivity contribution in [3.63, 3.8) is 0 Å². The van der Waals surface area contributed by atoms with Crippen LogP contribution in [0.15, 0.2) is 42.5 Å². The first-order valence-electron chi connectivity index (χ1n) is 7.61. The van der Waals surface area contributed by atoms with Gasteiger partial charge in [-0.1, -0.05) is 30.7 Å². The Bertz CT molecular complexity index is 734. The van der Waals surface area contributed by atoms with Crippen LogP contribution in [-0.2, 0) is 12.8 Å². The van der Waals surface area contributed by atoms with E-state index in [4.69, 9.17) is 10.4 Å². The SMILES string of the molecule is N#Cc1ccc(CCCCCc2ccccc2C(=O)O)cc1F. The lowest BCUT2D eigenvalue weighted by Crippen LogP contribution is -2.02. The van der Waals surface area contributed by atoms with Crippen molar-refractivity contribution in [2.45, 2.75) is 32.1 Å². The standard InChI is InChI=1S/C19H18FNO2/c20-18-12-14(10-11-16(18)13-21)6-2-1-3-7-15-8-4-5-9-17(15)19(22)23/h4-5,8-12H,1-3,6-7H2,(H,22,23). The fraction of sp³-hybridized carbons (Fsp3) is 0.263. The molecule has 0 unspecified atom stereocenters. The Morgan fingerprint density at radius 3 is 2.52 bits per heavy atom. The van der Waals surface area contributed by atoms with Crippen molar-refractivity contribution in [3.05, 3.63) is 70.5 Å². The molecule has 118 valence electrons. The molecule has 0 bridgehead atoms. The summed E-state index contributed by atoms with van der Waals surface area (Å²) < 4.78 is 13.5. The number of rotatable bonds is 7. The molecule has 2 rings (SSSR count). The van der Waals surface area contributed by atoms with Crippen molar-refractivity contribution >= 4 is 5.97 Å². The molecule has 0 aliphatic heterocycles. The highest BCUT2D eigenvalue weighted by atomic mass is 19.1. The summed E-state index contributed by atoms with van der Waals surface area (Å²) in [5, 5.41) is 17.8. The molecule has 0 aromatic heterocycles. The second-order valence-electron chi connectivity index (χ2n) is 5.45. The number of benzene rings is 2. The van der Waals surface area contributed by atoms with Gasteiger partial charge in [0.1, 0.15) is 11.9 Å². The normalized spacial score (nSPS) is 10.3. The molecule has 3 nitrogen and oxygen atoms in total. The van der Waals surface area contributed by atoms with Crippen molar-refractivity contribution in [3.8, 4) is 6.07 Å². The average molecular weight is 311 g/mol. The van der Waals surface area contributed by atoms with E-state index in [0.717, 1.165) is 43.2 Å². The number of carboxylic acids is 1. The predicted octanol–water partition coefficient (Wildman–Crippen LogP) is 4.35. The quantitative estimate of drug-likeness (QED) is 0.773. The fourth-order valence-electron chi connectivity index (χ4n) is 2.57. The molecule has 0 atom stereocenters. The lowest BCUT2D eigenvalue weighted by atomic mass is 9.99. The largest absolute Gasteiger partial charge is 0.478 e. The van der Waals surface area contributed by atoms with Gasteiger partial charge in [0.15, 0.2) is 0 Å². The van der Waals surface area contributed by atoms with E-state index in [1.165, 1.54) is 12.1 Å². The molecule has 23 heavy (non-hydrogen) atoms. The minimum Gasteiger partial charge on any atom is -0.478 e. The third-order valence-electron chi connectivity index (χ3n) is 3.81. The molecular weight excluding hydrogens is 293 g/mol. The van der Waals surface area contributed by atoms with E-state index in [9.17, 15) is 9.18 Å². The monoisotopic (exact) mass is 311 g/mol. The first-order chi connectivity index (χ1) is 11.1. The van der Waals surface area contributed by atoms with Crippen molar-refractivity contribution in [1.82, 2.24) is 0 Å². The average Bonchev–Trinajstić information content (AvgIpc) is 2.55. The van der Waals surface area contributed by atoms with Crippen LogP contribution in [0.1, 0.15) is 46.3 Å². The van der Waals surface area contributed by atoms with Crippen LogP contribution in [0.25, 0.3) is 0 Å². The highest BCUT2D eigenvalue weighted by Crippen LogP contribution is 2.15. The number of hydrogen-bond donors (Lipinski definition) is 1. The number of carboxylic acid groups (broad SMARTS) is 1. The van der Waals surface area contributed by atoms with Gasteiger partial charge >= 0.3 is 5.97 Å². The Hall–Kier alpha value is -2.67. The molecule has 0 saturated carbocycles. The lowest BCUT2D eigenvalue weighted by molar-refractivity contribution is 0.0695. The van der Waals surface area contributed by atoms with Crippen LogP contribution < -0.4 is 0 Å². The van der Waals surface area contributed by atoms with Gasteiger partial charge < -0.3 is 5.11 Å². The van der Waals surface area contributed by atoms with Gasteiger partial charge in [-0.2, -0.15) is 5.26 Å². The number of aryl methyl sites for hydroxylation is 2. The van der Waals surface area contributed by atoms with E-state index in [2.05, 4.69) is 0 Å². The molecule has 0 saturated heterocycles. The van der Waals surface area contributed by atoms with Crippen molar-refractivity contribution in [2.75, 3.05) is 0 Å². The molecule has 4 heteroatoms. The number of aromatic carboxylic acids is 1. The Labute approximate surface area is 135 Å². The van der Waals surface area contributed by atoms with E-state index < -0.39 is 11.8 Å². The van der Waals surface area contributed by atoms with Crippen LogP contribution in [0, 0.1) is 17.1 Å². The Morgan fingerprint density at radius 2 is 1.83 bits per heavy atom. The number of nitrogens with zero attached hydrogens (tertiary/aromatic N) is 1. The van der Waals surface area contributed by atoms with Gasteiger partial charge in [0, 0.05) is 0 Å². The summed E-state index contributed by atoms with van der Waals surface area (Å²) in [7, 11) is 0. The van der Waals surface area contributed by atoms with Gasteiger partial charge in [0.2, 0.25) is 0 Å². The number of hydrogen-bond acceptors (Lipinski definition) is 2. The number of halogens is 1. The van der Waals surface area contributed by atoms with E-state index in [1.807, 2.05) is 18.2 Å². The highest BCUT2D eigenvalue weighted by molar-refractivity contribution is 5.89. The van der Waals surface area contributed by atoms with Crippen LogP contribution >= 0.6 is 0 Å². The van der Waals surface area contributed by atoms with E-state index >= 15 is 0 Å². The molecule has 0 heterocycles. The van der Waals surface area contributed by atoms with Gasteiger partial charge in [-0.25, -0.2) is 9.18 Å². The maximum atomic E-state index is 13.5. The van der Waals surface area contributed by atoms with Crippen molar-refractivity contribution in [1.29, 1.82) is 5.26 Å². The minimum absolute atomic E-state index is 0.0685. The third kappa shape index (κ3) is 4.65. The summed E-state index contributed by atoms with van der Waals surface area (Å²) in [5.41, 5.74) is 2.16. The number of carbonyl (C=O) groups is 1. The van der Waals surface area contributed by atoms with Crippen LogP contribution in [0.5, 0.6) is 0 Å². The fourth-order valence-corrected chi connectivity index (χ4v) is 2.57. The first kappa shape index (κ1) is 16.7. The third-order valence-corrected chi connectivity index (χ3v) is 3.81. The molecule has 2 aromatic carbocycles. The molecule has 0 aliphatic carbocycles. The predicted molar refractivity (Wildman–Crippen MR) is 85.8 cm³/mol. The van der Waals surface area contributed by atoms with E-state index in [1.54, 1.807) is 18.2 Å². The Morgan fingerprint density at radius 1 is 1.09 bits per heavy atom. The van der Waals surface area contributed by atoms with Gasteiger partial charge in [0.25, 0.3) is 0 Å². The molecule has 0 radical (unpaired) electrons. The zero-order valence-electron chi connectivity index (χ0n) is 12.8. The van der Waals surface area contributed by atoms with Crippen LogP contribution in [0.2, 0.25) is 0 Å². The molecule has 0 aliphatic rings. The van der Waals surface area contributed by atoms with E-state index in [0.29, 0.717) is 5.56 Å². The second-order valence-corrected chi connectivity index (χ2v) is 5.45. The van der Waals surface area contributed by atoms with Gasteiger partial charge in [-0.15, -0.1) is 0 Å². The number of nitriles is 1. The molecule has 0 amide bonds. The van der Waals surface area contributed by atoms with Crippen molar-refractivity contribution in [2.24, 2.45) is 0 Å². The summed E-state index contributed by atoms with van der Waals surface area (Å²) in [6.07, 6.45) is 4.21. The zero-order valence-corrected chi connectivity index (χ0v) is 12.8. The summed E-state index contributed by atoms with van der Waals surface area (Å²) in [6.45, 7) is 0. The van der Waals surface area contributed by atoms with Crippen LogP contribution in [-0.4, -0.2) is 11.1 Å². The topological polar surface area (TPSA) is 61.1 Å². The molecule has 0 fully saturated rings. The van der Waals surface area contributed by atoms with Crippen molar-refractivity contribution < 1.29 is 14.3 Å². The Balaban J connectivity index is 1.79. The smallest absolute Gasteiger partial charge is 0.335 e. The lowest BCUT2D eigenvalue weighted by Gasteiger charge is -2.06. The van der Waals surface area contributed by atoms with Gasteiger partial charge in [-0.05, 0) is 55.0 Å². The Kier molecular flexibility index (Phi) is 5.87. The van der Waals surface area contributed by atoms with Crippen LogP contribution in [0.3, 0.4) is 0 Å². The minimum atomic E-state index is -0.895. The van der Waals surface area contributed by atoms with Gasteiger partial charge in [-0.3, -0.25) is 0 Å². The van der Waals surface area contributed by atoms with Crippen LogP contribution in [0.4, 0.5) is 4.39 Å². The summed E-state index contributed by atoms with van der Waals surface area (Å²) in [6, 6.07) is 13.6. The molecule has 2 aromatic rings. The first-order valence-corrected chi connectivity index (χ1v) is 7.61. The summed E-state index contributed by atoms with van der Waals surface area (Å²) in [4.78, 5) is 11.1. The molecular formula is C19H18FNO2. The summed E-state index contributed by atoms with van der Waals surface area (Å²) >= 11 is 0. The molecule has 0 spiro atoms. The highest BCUT2D eigenvalue weighted by Gasteiger charge is 2.08. The summed E-state index contributed by atoms with van der Waals surface area (Å²) in [5.74, 6) is -1.37. The van der Waals surface area contributed by atoms with E-state index in [-0.39, 0.29) is 5.56 Å². The number of unbranched alkanes of at least 4 members (excludes halogenated alkanes) is 2.